The molecule has 2 aliphatic rings. The van der Waals surface area contributed by atoms with E-state index in [1.54, 1.807) is 0 Å². The summed E-state index contributed by atoms with van der Waals surface area (Å²) >= 11 is 0. The third-order valence-electron chi connectivity index (χ3n) is 6.99. The van der Waals surface area contributed by atoms with Crippen LogP contribution in [0.2, 0.25) is 0 Å². The number of pyridine rings is 1. The van der Waals surface area contributed by atoms with E-state index in [1.807, 2.05) is 36.5 Å². The van der Waals surface area contributed by atoms with Crippen molar-refractivity contribution in [2.24, 2.45) is 7.05 Å². The van der Waals surface area contributed by atoms with Crippen LogP contribution in [0.1, 0.15) is 36.8 Å². The van der Waals surface area contributed by atoms with Gasteiger partial charge in [0.15, 0.2) is 0 Å². The van der Waals surface area contributed by atoms with Crippen molar-refractivity contribution >= 4 is 21.9 Å². The van der Waals surface area contributed by atoms with Gasteiger partial charge in [-0.25, -0.2) is 4.98 Å². The molecule has 1 aromatic carbocycles. The molecule has 7 nitrogen and oxygen atoms in total. The van der Waals surface area contributed by atoms with Gasteiger partial charge in [-0.1, -0.05) is 18.9 Å². The monoisotopic (exact) mass is 410 g/mol. The fourth-order valence-corrected chi connectivity index (χ4v) is 5.61. The molecule has 5 heterocycles. The van der Waals surface area contributed by atoms with Gasteiger partial charge in [0, 0.05) is 52.5 Å². The number of nitrogens with zero attached hydrogens (tertiary/aromatic N) is 4. The summed E-state index contributed by atoms with van der Waals surface area (Å²) in [5.74, 6) is 0. The van der Waals surface area contributed by atoms with Gasteiger partial charge in [-0.2, -0.15) is 10.2 Å². The Morgan fingerprint density at radius 1 is 1.10 bits per heavy atom. The standard InChI is InChI=1S/C24H22N6O/c1-30-12-16(11-27-30)22-19(14-4-5-18-15(8-14)10-26-29-18)20-21-17(9-25-23(20)28-22)13-31-24(21)6-2-3-7-24/h4-5,8-12H,2-3,6-7,13H2,1H3,(H,25,28)(H,26,29). The summed E-state index contributed by atoms with van der Waals surface area (Å²) in [6, 6.07) is 6.47. The third-order valence-corrected chi connectivity index (χ3v) is 6.99. The van der Waals surface area contributed by atoms with Crippen LogP contribution in [0.4, 0.5) is 0 Å². The molecular formula is C24H22N6O. The molecule has 4 aromatic heterocycles. The Kier molecular flexibility index (Phi) is 3.36. The lowest BCUT2D eigenvalue weighted by Gasteiger charge is -2.24. The van der Waals surface area contributed by atoms with E-state index in [2.05, 4.69) is 38.5 Å². The Morgan fingerprint density at radius 3 is 2.84 bits per heavy atom. The normalized spacial score (nSPS) is 17.3. The first-order valence-corrected chi connectivity index (χ1v) is 10.8. The molecule has 0 unspecified atom stereocenters. The first kappa shape index (κ1) is 17.3. The SMILES string of the molecule is Cn1cc(-c2[nH]c3ncc4c(c3c2-c2ccc3[nH]ncc3c2)C2(CCCC2)OC4)cn1. The van der Waals surface area contributed by atoms with Crippen LogP contribution >= 0.6 is 0 Å². The molecule has 31 heavy (non-hydrogen) atoms. The smallest absolute Gasteiger partial charge is 0.138 e. The maximum Gasteiger partial charge on any atom is 0.138 e. The Labute approximate surface area is 178 Å². The van der Waals surface area contributed by atoms with Gasteiger partial charge >= 0.3 is 0 Å². The largest absolute Gasteiger partial charge is 0.366 e. The van der Waals surface area contributed by atoms with Crippen molar-refractivity contribution in [3.8, 4) is 22.4 Å². The second-order valence-electron chi connectivity index (χ2n) is 8.82. The highest BCUT2D eigenvalue weighted by molar-refractivity contribution is 6.06. The molecule has 0 saturated heterocycles. The predicted molar refractivity (Wildman–Crippen MR) is 118 cm³/mol. The summed E-state index contributed by atoms with van der Waals surface area (Å²) in [5, 5.41) is 14.0. The highest BCUT2D eigenvalue weighted by Crippen LogP contribution is 2.53. The average molecular weight is 410 g/mol. The molecular weight excluding hydrogens is 388 g/mol. The summed E-state index contributed by atoms with van der Waals surface area (Å²) in [6.45, 7) is 0.645. The van der Waals surface area contributed by atoms with Gasteiger partial charge in [0.1, 0.15) is 5.65 Å². The molecule has 0 atom stereocenters. The Balaban J connectivity index is 1.60. The number of nitrogens with one attached hydrogen (secondary N) is 2. The molecule has 7 rings (SSSR count). The minimum absolute atomic E-state index is 0.181. The molecule has 7 heteroatoms. The van der Waals surface area contributed by atoms with Crippen molar-refractivity contribution in [2.45, 2.75) is 37.9 Å². The Hall–Kier alpha value is -3.45. The molecule has 5 aromatic rings. The molecule has 0 amide bonds. The van der Waals surface area contributed by atoms with Crippen LogP contribution in [-0.4, -0.2) is 29.9 Å². The molecule has 1 fully saturated rings. The number of ether oxygens (including phenoxy) is 1. The van der Waals surface area contributed by atoms with Crippen LogP contribution in [0.5, 0.6) is 0 Å². The lowest BCUT2D eigenvalue weighted by Crippen LogP contribution is -2.20. The average Bonchev–Trinajstić information content (AvgIpc) is 3.59. The molecule has 1 aliphatic carbocycles. The fraction of sp³-hybridized carbons (Fsp3) is 0.292. The van der Waals surface area contributed by atoms with Gasteiger partial charge in [0.25, 0.3) is 0 Å². The van der Waals surface area contributed by atoms with Crippen LogP contribution in [0.25, 0.3) is 44.3 Å². The number of aromatic nitrogens is 6. The van der Waals surface area contributed by atoms with E-state index >= 15 is 0 Å². The van der Waals surface area contributed by atoms with Gasteiger partial charge in [0.2, 0.25) is 0 Å². The number of aromatic amines is 2. The number of hydrogen-bond acceptors (Lipinski definition) is 4. The van der Waals surface area contributed by atoms with Crippen LogP contribution in [0, 0.1) is 0 Å². The van der Waals surface area contributed by atoms with E-state index in [4.69, 9.17) is 9.72 Å². The Bertz CT molecular complexity index is 1470. The lowest BCUT2D eigenvalue weighted by atomic mass is 9.86. The van der Waals surface area contributed by atoms with Gasteiger partial charge in [-0.05, 0) is 30.5 Å². The fourth-order valence-electron chi connectivity index (χ4n) is 5.61. The lowest BCUT2D eigenvalue weighted by molar-refractivity contribution is -0.0317. The number of H-pyrrole nitrogens is 2. The minimum Gasteiger partial charge on any atom is -0.366 e. The van der Waals surface area contributed by atoms with Crippen LogP contribution in [0.15, 0.2) is 43.0 Å². The summed E-state index contributed by atoms with van der Waals surface area (Å²) in [4.78, 5) is 8.44. The van der Waals surface area contributed by atoms with E-state index in [-0.39, 0.29) is 5.60 Å². The summed E-state index contributed by atoms with van der Waals surface area (Å²) in [5.41, 5.74) is 8.74. The quantitative estimate of drug-likeness (QED) is 0.438. The highest BCUT2D eigenvalue weighted by Gasteiger charge is 2.45. The molecule has 0 radical (unpaired) electrons. The van der Waals surface area contributed by atoms with Crippen molar-refractivity contribution in [3.05, 3.63) is 54.1 Å². The zero-order valence-corrected chi connectivity index (χ0v) is 17.3. The van der Waals surface area contributed by atoms with Crippen molar-refractivity contribution in [2.75, 3.05) is 0 Å². The number of fused-ring (bicyclic) bond motifs is 5. The molecule has 154 valence electrons. The second kappa shape index (κ2) is 6.04. The van der Waals surface area contributed by atoms with E-state index in [0.717, 1.165) is 46.2 Å². The third kappa shape index (κ3) is 2.35. The first-order chi connectivity index (χ1) is 15.2. The van der Waals surface area contributed by atoms with Gasteiger partial charge in [-0.15, -0.1) is 0 Å². The minimum atomic E-state index is -0.181. The Morgan fingerprint density at radius 2 is 2.00 bits per heavy atom. The van der Waals surface area contributed by atoms with Gasteiger partial charge in [0.05, 0.1) is 35.8 Å². The number of hydrogen-bond donors (Lipinski definition) is 2. The van der Waals surface area contributed by atoms with Gasteiger partial charge in [-0.3, -0.25) is 9.78 Å². The zero-order valence-electron chi connectivity index (χ0n) is 17.3. The van der Waals surface area contributed by atoms with E-state index in [1.165, 1.54) is 34.9 Å². The van der Waals surface area contributed by atoms with Crippen LogP contribution in [0.3, 0.4) is 0 Å². The molecule has 0 bridgehead atoms. The van der Waals surface area contributed by atoms with E-state index in [0.29, 0.717) is 6.61 Å². The van der Waals surface area contributed by atoms with Crippen molar-refractivity contribution in [1.82, 2.24) is 29.9 Å². The number of benzene rings is 1. The first-order valence-electron chi connectivity index (χ1n) is 10.8. The summed E-state index contributed by atoms with van der Waals surface area (Å²) < 4.78 is 8.30. The predicted octanol–water partition coefficient (Wildman–Crippen LogP) is 4.81. The van der Waals surface area contributed by atoms with Crippen molar-refractivity contribution in [3.63, 3.8) is 0 Å². The van der Waals surface area contributed by atoms with Crippen LogP contribution < -0.4 is 0 Å². The van der Waals surface area contributed by atoms with Gasteiger partial charge < -0.3 is 9.72 Å². The topological polar surface area (TPSA) is 84.4 Å². The molecule has 1 aliphatic heterocycles. The summed E-state index contributed by atoms with van der Waals surface area (Å²) in [7, 11) is 1.95. The maximum absolute atomic E-state index is 6.46. The number of rotatable bonds is 2. The number of aryl methyl sites for hydroxylation is 1. The highest BCUT2D eigenvalue weighted by atomic mass is 16.5. The van der Waals surface area contributed by atoms with Crippen molar-refractivity contribution < 1.29 is 4.74 Å². The summed E-state index contributed by atoms with van der Waals surface area (Å²) in [6.07, 6.45) is 12.4. The molecule has 2 N–H and O–H groups in total. The van der Waals surface area contributed by atoms with Crippen LogP contribution in [-0.2, 0) is 24.0 Å². The maximum atomic E-state index is 6.46. The van der Waals surface area contributed by atoms with E-state index in [9.17, 15) is 0 Å². The van der Waals surface area contributed by atoms with Crippen molar-refractivity contribution in [1.29, 1.82) is 0 Å². The van der Waals surface area contributed by atoms with E-state index < -0.39 is 0 Å². The molecule has 1 saturated carbocycles. The zero-order chi connectivity index (χ0) is 20.6. The second-order valence-corrected chi connectivity index (χ2v) is 8.82. The molecule has 1 spiro atoms.